The molecule has 0 atom stereocenters. The number of nitriles is 1. The number of rotatable bonds is 4. The zero-order chi connectivity index (χ0) is 17.6. The number of aromatic nitrogens is 2. The number of benzene rings is 2. The first-order valence-corrected chi connectivity index (χ1v) is 7.59. The van der Waals surface area contributed by atoms with Crippen molar-refractivity contribution < 1.29 is 5.21 Å². The molecule has 1 heterocycles. The highest BCUT2D eigenvalue weighted by Crippen LogP contribution is 2.16. The van der Waals surface area contributed by atoms with E-state index < -0.39 is 0 Å². The maximum atomic E-state index is 9.44. The van der Waals surface area contributed by atoms with Gasteiger partial charge in [0.25, 0.3) is 0 Å². The predicted molar refractivity (Wildman–Crippen MR) is 95.1 cm³/mol. The monoisotopic (exact) mass is 329 g/mol. The van der Waals surface area contributed by atoms with Crippen LogP contribution in [0.4, 0.5) is 11.6 Å². The number of anilines is 2. The van der Waals surface area contributed by atoms with Crippen molar-refractivity contribution in [1.29, 1.82) is 5.26 Å². The maximum Gasteiger partial charge on any atom is 0.227 e. The summed E-state index contributed by atoms with van der Waals surface area (Å²) < 4.78 is 0. The molecule has 0 amide bonds. The molecule has 3 aromatic rings. The van der Waals surface area contributed by atoms with E-state index in [9.17, 15) is 5.21 Å². The molecule has 0 saturated heterocycles. The van der Waals surface area contributed by atoms with Crippen molar-refractivity contribution in [2.75, 3.05) is 5.32 Å². The molecular formula is C19H15N5O. The highest BCUT2D eigenvalue weighted by molar-refractivity contribution is 6.11. The second-order valence-corrected chi connectivity index (χ2v) is 5.40. The minimum atomic E-state index is 0.369. The van der Waals surface area contributed by atoms with Crippen LogP contribution < -0.4 is 5.32 Å². The molecule has 6 heteroatoms. The molecule has 0 aliphatic rings. The van der Waals surface area contributed by atoms with Gasteiger partial charge in [0.2, 0.25) is 5.95 Å². The Bertz CT molecular complexity index is 958. The summed E-state index contributed by atoms with van der Waals surface area (Å²) in [7, 11) is 0. The van der Waals surface area contributed by atoms with Gasteiger partial charge in [-0.25, -0.2) is 9.97 Å². The standard InChI is InChI=1S/C19H15N5O/c1-13-3-2-4-15(11-13)18(24-25)17-9-10-21-19(23-17)22-16-7-5-14(12-20)6-8-16/h2-11,25H,1H3,(H,21,22,23)/b24-18+. The van der Waals surface area contributed by atoms with Gasteiger partial charge >= 0.3 is 0 Å². The molecule has 0 saturated carbocycles. The third-order valence-corrected chi connectivity index (χ3v) is 3.56. The molecule has 0 fully saturated rings. The van der Waals surface area contributed by atoms with E-state index >= 15 is 0 Å². The van der Waals surface area contributed by atoms with Crippen molar-refractivity contribution in [3.63, 3.8) is 0 Å². The van der Waals surface area contributed by atoms with E-state index in [1.807, 2.05) is 31.2 Å². The Morgan fingerprint density at radius 1 is 1.16 bits per heavy atom. The predicted octanol–water partition coefficient (Wildman–Crippen LogP) is 3.63. The highest BCUT2D eigenvalue weighted by atomic mass is 16.4. The Kier molecular flexibility index (Phi) is 4.67. The summed E-state index contributed by atoms with van der Waals surface area (Å²) in [6, 6.07) is 18.4. The number of oxime groups is 1. The number of nitrogens with zero attached hydrogens (tertiary/aromatic N) is 4. The Morgan fingerprint density at radius 2 is 1.96 bits per heavy atom. The fraction of sp³-hybridized carbons (Fsp3) is 0.0526. The molecule has 122 valence electrons. The molecule has 0 aliphatic heterocycles. The fourth-order valence-corrected chi connectivity index (χ4v) is 2.36. The molecule has 0 unspecified atom stereocenters. The van der Waals surface area contributed by atoms with E-state index in [1.54, 1.807) is 36.5 Å². The van der Waals surface area contributed by atoms with Crippen molar-refractivity contribution in [2.45, 2.75) is 6.92 Å². The van der Waals surface area contributed by atoms with E-state index in [2.05, 4.69) is 26.5 Å². The largest absolute Gasteiger partial charge is 0.410 e. The third-order valence-electron chi connectivity index (χ3n) is 3.56. The summed E-state index contributed by atoms with van der Waals surface area (Å²) in [6.07, 6.45) is 1.59. The van der Waals surface area contributed by atoms with Crippen LogP contribution in [-0.2, 0) is 0 Å². The molecule has 2 N–H and O–H groups in total. The molecule has 0 spiro atoms. The lowest BCUT2D eigenvalue weighted by atomic mass is 10.1. The second kappa shape index (κ2) is 7.23. The van der Waals surface area contributed by atoms with E-state index in [1.165, 1.54) is 0 Å². The van der Waals surface area contributed by atoms with Crippen molar-refractivity contribution in [2.24, 2.45) is 5.16 Å². The van der Waals surface area contributed by atoms with Gasteiger partial charge in [-0.15, -0.1) is 0 Å². The summed E-state index contributed by atoms with van der Waals surface area (Å²) in [5.41, 5.74) is 4.03. The zero-order valence-corrected chi connectivity index (χ0v) is 13.5. The second-order valence-electron chi connectivity index (χ2n) is 5.40. The van der Waals surface area contributed by atoms with Gasteiger partial charge in [-0.3, -0.25) is 0 Å². The van der Waals surface area contributed by atoms with Gasteiger partial charge in [0.1, 0.15) is 5.71 Å². The Morgan fingerprint density at radius 3 is 2.64 bits per heavy atom. The summed E-state index contributed by atoms with van der Waals surface area (Å²) in [5.74, 6) is 0.371. The average molecular weight is 329 g/mol. The van der Waals surface area contributed by atoms with Crippen molar-refractivity contribution in [3.05, 3.63) is 83.2 Å². The summed E-state index contributed by atoms with van der Waals surface area (Å²) in [6.45, 7) is 1.97. The van der Waals surface area contributed by atoms with Gasteiger partial charge in [0.05, 0.1) is 17.3 Å². The number of hydrogen-bond acceptors (Lipinski definition) is 6. The van der Waals surface area contributed by atoms with Gasteiger partial charge in [0, 0.05) is 17.4 Å². The number of hydrogen-bond donors (Lipinski definition) is 2. The van der Waals surface area contributed by atoms with Gasteiger partial charge in [-0.2, -0.15) is 5.26 Å². The molecule has 1 aromatic heterocycles. The van der Waals surface area contributed by atoms with E-state index in [0.29, 0.717) is 22.9 Å². The Balaban J connectivity index is 1.88. The van der Waals surface area contributed by atoms with E-state index in [-0.39, 0.29) is 0 Å². The van der Waals surface area contributed by atoms with Crippen LogP contribution in [0.3, 0.4) is 0 Å². The maximum absolute atomic E-state index is 9.44. The van der Waals surface area contributed by atoms with Crippen LogP contribution in [-0.4, -0.2) is 20.9 Å². The number of aryl methyl sites for hydroxylation is 1. The van der Waals surface area contributed by atoms with E-state index in [0.717, 1.165) is 16.8 Å². The molecule has 25 heavy (non-hydrogen) atoms. The molecule has 0 bridgehead atoms. The molecule has 2 aromatic carbocycles. The molecule has 0 radical (unpaired) electrons. The van der Waals surface area contributed by atoms with Crippen LogP contribution in [0.15, 0.2) is 65.9 Å². The minimum absolute atomic E-state index is 0.369. The molecule has 3 rings (SSSR count). The lowest BCUT2D eigenvalue weighted by Gasteiger charge is -2.08. The van der Waals surface area contributed by atoms with Crippen molar-refractivity contribution >= 4 is 17.3 Å². The summed E-state index contributed by atoms with van der Waals surface area (Å²) in [5, 5.41) is 24.7. The van der Waals surface area contributed by atoms with Crippen molar-refractivity contribution in [3.8, 4) is 6.07 Å². The third kappa shape index (κ3) is 3.79. The first kappa shape index (κ1) is 16.1. The Hall–Kier alpha value is -3.72. The van der Waals surface area contributed by atoms with Crippen molar-refractivity contribution in [1.82, 2.24) is 9.97 Å². The lowest BCUT2D eigenvalue weighted by molar-refractivity contribution is 0.319. The fourth-order valence-electron chi connectivity index (χ4n) is 2.36. The SMILES string of the molecule is Cc1cccc(/C(=N\O)c2ccnc(Nc3ccc(C#N)cc3)n2)c1. The van der Waals surface area contributed by atoms with Gasteiger partial charge in [0.15, 0.2) is 0 Å². The average Bonchev–Trinajstić information content (AvgIpc) is 2.63. The zero-order valence-electron chi connectivity index (χ0n) is 13.5. The molecule has 0 aliphatic carbocycles. The number of nitrogens with one attached hydrogen (secondary N) is 1. The normalized spacial score (nSPS) is 11.0. The van der Waals surface area contributed by atoms with Crippen LogP contribution in [0, 0.1) is 18.3 Å². The lowest BCUT2D eigenvalue weighted by Crippen LogP contribution is -2.08. The summed E-state index contributed by atoms with van der Waals surface area (Å²) in [4.78, 5) is 8.59. The van der Waals surface area contributed by atoms with Crippen LogP contribution in [0.1, 0.15) is 22.4 Å². The minimum Gasteiger partial charge on any atom is -0.410 e. The highest BCUT2D eigenvalue weighted by Gasteiger charge is 2.11. The van der Waals surface area contributed by atoms with Gasteiger partial charge in [-0.1, -0.05) is 28.9 Å². The van der Waals surface area contributed by atoms with Crippen LogP contribution in [0.2, 0.25) is 0 Å². The van der Waals surface area contributed by atoms with E-state index in [4.69, 9.17) is 5.26 Å². The quantitative estimate of drug-likeness (QED) is 0.433. The summed E-state index contributed by atoms with van der Waals surface area (Å²) >= 11 is 0. The topological polar surface area (TPSA) is 94.2 Å². The Labute approximate surface area is 145 Å². The smallest absolute Gasteiger partial charge is 0.227 e. The molecule has 6 nitrogen and oxygen atoms in total. The molecular weight excluding hydrogens is 314 g/mol. The first-order valence-electron chi connectivity index (χ1n) is 7.59. The van der Waals surface area contributed by atoms with Gasteiger partial charge < -0.3 is 10.5 Å². The first-order chi connectivity index (χ1) is 12.2. The van der Waals surface area contributed by atoms with Crippen LogP contribution in [0.25, 0.3) is 0 Å². The van der Waals surface area contributed by atoms with Gasteiger partial charge in [-0.05, 0) is 43.3 Å². The van der Waals surface area contributed by atoms with Crippen LogP contribution >= 0.6 is 0 Å². The van der Waals surface area contributed by atoms with Crippen LogP contribution in [0.5, 0.6) is 0 Å².